The number of aromatic nitrogens is 2. The number of halogens is 1. The van der Waals surface area contributed by atoms with Crippen molar-refractivity contribution in [1.29, 1.82) is 0 Å². The minimum Gasteiger partial charge on any atom is -0.434 e. The Balaban J connectivity index is 2.01. The lowest BCUT2D eigenvalue weighted by atomic mass is 10.2. The molecular formula is C16H14FN3O. The lowest BCUT2D eigenvalue weighted by Gasteiger charge is -2.10. The highest BCUT2D eigenvalue weighted by Gasteiger charge is 2.13. The molecule has 3 rings (SSSR count). The zero-order valence-electron chi connectivity index (χ0n) is 11.5. The van der Waals surface area contributed by atoms with Crippen LogP contribution < -0.4 is 10.1 Å². The third-order valence-corrected chi connectivity index (χ3v) is 3.11. The normalized spacial score (nSPS) is 10.8. The Labute approximate surface area is 121 Å². The number of rotatable bonds is 4. The maximum Gasteiger partial charge on any atom is 0.256 e. The van der Waals surface area contributed by atoms with Crippen LogP contribution in [-0.4, -0.2) is 17.0 Å². The van der Waals surface area contributed by atoms with Crippen molar-refractivity contribution in [1.82, 2.24) is 15.3 Å². The largest absolute Gasteiger partial charge is 0.434 e. The van der Waals surface area contributed by atoms with Gasteiger partial charge in [-0.3, -0.25) is 4.98 Å². The molecule has 21 heavy (non-hydrogen) atoms. The molecular weight excluding hydrogens is 269 g/mol. The number of hydrogen-bond acceptors (Lipinski definition) is 4. The summed E-state index contributed by atoms with van der Waals surface area (Å²) in [5.41, 5.74) is 1.19. The van der Waals surface area contributed by atoms with E-state index in [0.29, 0.717) is 23.4 Å². The van der Waals surface area contributed by atoms with Gasteiger partial charge in [0.1, 0.15) is 5.52 Å². The summed E-state index contributed by atoms with van der Waals surface area (Å²) in [6.07, 6.45) is 3.21. The summed E-state index contributed by atoms with van der Waals surface area (Å²) in [7, 11) is 1.76. The van der Waals surface area contributed by atoms with E-state index in [1.807, 2.05) is 24.3 Å². The number of ether oxygens (including phenoxy) is 1. The molecule has 0 aliphatic heterocycles. The van der Waals surface area contributed by atoms with E-state index in [9.17, 15) is 4.39 Å². The molecule has 0 amide bonds. The van der Waals surface area contributed by atoms with Gasteiger partial charge in [-0.15, -0.1) is 0 Å². The molecule has 1 aromatic carbocycles. The van der Waals surface area contributed by atoms with Crippen molar-refractivity contribution in [2.45, 2.75) is 6.54 Å². The van der Waals surface area contributed by atoms with Crippen molar-refractivity contribution in [3.05, 3.63) is 60.2 Å². The van der Waals surface area contributed by atoms with Gasteiger partial charge in [0.2, 0.25) is 0 Å². The highest BCUT2D eigenvalue weighted by Crippen LogP contribution is 2.29. The molecule has 0 aliphatic carbocycles. The Hall–Kier alpha value is -2.53. The Morgan fingerprint density at radius 3 is 2.81 bits per heavy atom. The molecule has 3 aromatic rings. The van der Waals surface area contributed by atoms with E-state index in [0.717, 1.165) is 5.39 Å². The monoisotopic (exact) mass is 283 g/mol. The highest BCUT2D eigenvalue weighted by atomic mass is 19.1. The number of fused-ring (bicyclic) bond motifs is 1. The number of nitrogens with zero attached hydrogens (tertiary/aromatic N) is 2. The zero-order valence-corrected chi connectivity index (χ0v) is 11.5. The Bertz CT molecular complexity index is 771. The standard InChI is InChI=1S/C16H14FN3O/c1-18-10-12-7-9-20-16(14(12)17)21-13-6-2-4-11-5-3-8-19-15(11)13/h2-9,18H,10H2,1H3. The smallest absolute Gasteiger partial charge is 0.256 e. The van der Waals surface area contributed by atoms with Crippen molar-refractivity contribution in [3.63, 3.8) is 0 Å². The predicted octanol–water partition coefficient (Wildman–Crippen LogP) is 3.28. The molecule has 4 nitrogen and oxygen atoms in total. The molecule has 0 radical (unpaired) electrons. The second-order valence-corrected chi connectivity index (χ2v) is 4.55. The van der Waals surface area contributed by atoms with Crippen molar-refractivity contribution >= 4 is 10.9 Å². The van der Waals surface area contributed by atoms with Crippen LogP contribution in [0.25, 0.3) is 10.9 Å². The van der Waals surface area contributed by atoms with Crippen LogP contribution in [0.2, 0.25) is 0 Å². The highest BCUT2D eigenvalue weighted by molar-refractivity contribution is 5.84. The van der Waals surface area contributed by atoms with Gasteiger partial charge in [0.25, 0.3) is 5.88 Å². The van der Waals surface area contributed by atoms with Gasteiger partial charge in [-0.25, -0.2) is 9.37 Å². The third kappa shape index (κ3) is 2.68. The summed E-state index contributed by atoms with van der Waals surface area (Å²) in [6, 6.07) is 10.9. The molecule has 106 valence electrons. The van der Waals surface area contributed by atoms with E-state index in [-0.39, 0.29) is 5.88 Å². The van der Waals surface area contributed by atoms with Gasteiger partial charge in [0, 0.05) is 29.9 Å². The van der Waals surface area contributed by atoms with Gasteiger partial charge >= 0.3 is 0 Å². The SMILES string of the molecule is CNCc1ccnc(Oc2cccc3cccnc23)c1F. The van der Waals surface area contributed by atoms with Crippen molar-refractivity contribution in [2.24, 2.45) is 0 Å². The fourth-order valence-electron chi connectivity index (χ4n) is 2.12. The van der Waals surface area contributed by atoms with E-state index in [1.54, 1.807) is 25.4 Å². The minimum atomic E-state index is -0.459. The molecule has 5 heteroatoms. The zero-order chi connectivity index (χ0) is 14.7. The quantitative estimate of drug-likeness (QED) is 0.798. The van der Waals surface area contributed by atoms with Crippen molar-refractivity contribution < 1.29 is 9.13 Å². The van der Waals surface area contributed by atoms with Crippen LogP contribution in [0.1, 0.15) is 5.56 Å². The van der Waals surface area contributed by atoms with Gasteiger partial charge in [-0.05, 0) is 25.2 Å². The van der Waals surface area contributed by atoms with E-state index in [1.165, 1.54) is 6.20 Å². The van der Waals surface area contributed by atoms with E-state index in [4.69, 9.17) is 4.74 Å². The third-order valence-electron chi connectivity index (χ3n) is 3.11. The van der Waals surface area contributed by atoms with Crippen molar-refractivity contribution in [3.8, 4) is 11.6 Å². The number of para-hydroxylation sites is 1. The first-order chi connectivity index (χ1) is 10.3. The van der Waals surface area contributed by atoms with Crippen LogP contribution in [0, 0.1) is 5.82 Å². The molecule has 0 unspecified atom stereocenters. The fourth-order valence-corrected chi connectivity index (χ4v) is 2.12. The first-order valence-electron chi connectivity index (χ1n) is 6.59. The van der Waals surface area contributed by atoms with Crippen molar-refractivity contribution in [2.75, 3.05) is 7.05 Å². The fraction of sp³-hybridized carbons (Fsp3) is 0.125. The molecule has 0 spiro atoms. The summed E-state index contributed by atoms with van der Waals surface area (Å²) in [5, 5.41) is 3.84. The molecule has 2 heterocycles. The summed E-state index contributed by atoms with van der Waals surface area (Å²) >= 11 is 0. The topological polar surface area (TPSA) is 47.0 Å². The Morgan fingerprint density at radius 2 is 1.95 bits per heavy atom. The minimum absolute atomic E-state index is 0.0408. The van der Waals surface area contributed by atoms with Crippen LogP contribution in [0.4, 0.5) is 4.39 Å². The number of hydrogen-bond donors (Lipinski definition) is 1. The summed E-state index contributed by atoms with van der Waals surface area (Å²) in [4.78, 5) is 8.25. The predicted molar refractivity (Wildman–Crippen MR) is 78.8 cm³/mol. The molecule has 0 bridgehead atoms. The molecule has 0 saturated carbocycles. The molecule has 0 atom stereocenters. The Kier molecular flexibility index (Phi) is 3.75. The number of pyridine rings is 2. The van der Waals surface area contributed by atoms with Gasteiger partial charge in [-0.1, -0.05) is 18.2 Å². The summed E-state index contributed by atoms with van der Waals surface area (Å²) < 4.78 is 19.9. The summed E-state index contributed by atoms with van der Waals surface area (Å²) in [5.74, 6) is -0.0122. The molecule has 0 fully saturated rings. The number of benzene rings is 1. The second kappa shape index (κ2) is 5.85. The van der Waals surface area contributed by atoms with E-state index < -0.39 is 5.82 Å². The molecule has 0 saturated heterocycles. The van der Waals surface area contributed by atoms with Gasteiger partial charge in [0.05, 0.1) is 0 Å². The maximum atomic E-state index is 14.3. The maximum absolute atomic E-state index is 14.3. The van der Waals surface area contributed by atoms with E-state index >= 15 is 0 Å². The Morgan fingerprint density at radius 1 is 1.10 bits per heavy atom. The van der Waals surface area contributed by atoms with E-state index in [2.05, 4.69) is 15.3 Å². The molecule has 0 aliphatic rings. The lowest BCUT2D eigenvalue weighted by molar-refractivity contribution is 0.421. The van der Waals surface area contributed by atoms with Gasteiger partial charge in [0.15, 0.2) is 11.6 Å². The van der Waals surface area contributed by atoms with Gasteiger partial charge < -0.3 is 10.1 Å². The van der Waals surface area contributed by atoms with Crippen LogP contribution in [0.15, 0.2) is 48.8 Å². The molecule has 1 N–H and O–H groups in total. The second-order valence-electron chi connectivity index (χ2n) is 4.55. The average molecular weight is 283 g/mol. The van der Waals surface area contributed by atoms with Crippen LogP contribution in [0.5, 0.6) is 11.6 Å². The number of nitrogens with one attached hydrogen (secondary N) is 1. The first kappa shape index (κ1) is 13.5. The van der Waals surface area contributed by atoms with Crippen LogP contribution in [-0.2, 0) is 6.54 Å². The lowest BCUT2D eigenvalue weighted by Crippen LogP contribution is -2.08. The van der Waals surface area contributed by atoms with Crippen LogP contribution in [0.3, 0.4) is 0 Å². The van der Waals surface area contributed by atoms with Crippen LogP contribution >= 0.6 is 0 Å². The average Bonchev–Trinajstić information content (AvgIpc) is 2.52. The molecule has 2 aromatic heterocycles. The summed E-state index contributed by atoms with van der Waals surface area (Å²) in [6.45, 7) is 0.415. The van der Waals surface area contributed by atoms with Gasteiger partial charge in [-0.2, -0.15) is 0 Å². The first-order valence-corrected chi connectivity index (χ1v) is 6.59.